The Morgan fingerprint density at radius 1 is 1.35 bits per heavy atom. The van der Waals surface area contributed by atoms with Crippen molar-refractivity contribution < 1.29 is 4.79 Å². The highest BCUT2D eigenvalue weighted by molar-refractivity contribution is 6.30. The molecule has 0 aliphatic heterocycles. The van der Waals surface area contributed by atoms with Gasteiger partial charge in [-0.2, -0.15) is 0 Å². The Hall–Kier alpha value is -2.11. The van der Waals surface area contributed by atoms with E-state index >= 15 is 0 Å². The molecule has 0 saturated carbocycles. The molecule has 0 saturated heterocycles. The first kappa shape index (κ1) is 14.3. The standard InChI is InChI=1S/C14H15ClN4O/c1-9(10-3-2-4-11(15)7-10)18-14(20)13-6-5-12(19-16)8-17-13/h2-9,19H,16H2,1H3,(H,18,20). The molecule has 2 rings (SSSR count). The van der Waals surface area contributed by atoms with Gasteiger partial charge in [0.15, 0.2) is 0 Å². The van der Waals surface area contributed by atoms with E-state index in [0.717, 1.165) is 5.56 Å². The number of pyridine rings is 1. The first-order valence-corrected chi connectivity index (χ1v) is 6.47. The first-order valence-electron chi connectivity index (χ1n) is 6.09. The molecule has 4 N–H and O–H groups in total. The number of carbonyl (C=O) groups is 1. The average molecular weight is 291 g/mol. The molecule has 1 amide bonds. The number of nitrogen functional groups attached to an aromatic ring is 1. The summed E-state index contributed by atoms with van der Waals surface area (Å²) in [5, 5.41) is 3.50. The summed E-state index contributed by atoms with van der Waals surface area (Å²) in [5.74, 6) is 4.99. The van der Waals surface area contributed by atoms with Gasteiger partial charge in [-0.05, 0) is 36.8 Å². The van der Waals surface area contributed by atoms with Crippen LogP contribution in [0.4, 0.5) is 5.69 Å². The zero-order valence-electron chi connectivity index (χ0n) is 10.9. The number of nitrogens with zero attached hydrogens (tertiary/aromatic N) is 1. The number of hydrogen-bond acceptors (Lipinski definition) is 4. The Bertz CT molecular complexity index is 600. The summed E-state index contributed by atoms with van der Waals surface area (Å²) in [6.07, 6.45) is 1.50. The van der Waals surface area contributed by atoms with Gasteiger partial charge in [-0.25, -0.2) is 4.98 Å². The van der Waals surface area contributed by atoms with Gasteiger partial charge in [0.2, 0.25) is 0 Å². The van der Waals surface area contributed by atoms with Gasteiger partial charge in [-0.3, -0.25) is 10.6 Å². The molecular weight excluding hydrogens is 276 g/mol. The minimum absolute atomic E-state index is 0.157. The molecule has 0 radical (unpaired) electrons. The van der Waals surface area contributed by atoms with Crippen molar-refractivity contribution in [3.05, 3.63) is 58.9 Å². The molecule has 6 heteroatoms. The van der Waals surface area contributed by atoms with Crippen molar-refractivity contribution in [3.63, 3.8) is 0 Å². The van der Waals surface area contributed by atoms with Crippen molar-refractivity contribution in [2.45, 2.75) is 13.0 Å². The lowest BCUT2D eigenvalue weighted by Crippen LogP contribution is -2.27. The fourth-order valence-electron chi connectivity index (χ4n) is 1.74. The zero-order valence-corrected chi connectivity index (χ0v) is 11.7. The van der Waals surface area contributed by atoms with Gasteiger partial charge in [0.1, 0.15) is 5.69 Å². The topological polar surface area (TPSA) is 80.0 Å². The number of benzene rings is 1. The molecule has 104 valence electrons. The molecule has 1 atom stereocenters. The van der Waals surface area contributed by atoms with Gasteiger partial charge >= 0.3 is 0 Å². The predicted octanol–water partition coefficient (Wildman–Crippen LogP) is 2.51. The van der Waals surface area contributed by atoms with Crippen LogP contribution in [0.5, 0.6) is 0 Å². The molecule has 0 spiro atoms. The molecular formula is C14H15ClN4O. The Kier molecular flexibility index (Phi) is 4.55. The van der Waals surface area contributed by atoms with E-state index < -0.39 is 0 Å². The molecule has 1 aromatic heterocycles. The number of halogens is 1. The second-order valence-electron chi connectivity index (χ2n) is 4.33. The number of rotatable bonds is 4. The molecule has 2 aromatic rings. The molecule has 0 bridgehead atoms. The van der Waals surface area contributed by atoms with Crippen LogP contribution in [0.15, 0.2) is 42.6 Å². The van der Waals surface area contributed by atoms with Gasteiger partial charge in [0, 0.05) is 5.02 Å². The van der Waals surface area contributed by atoms with Crippen molar-refractivity contribution >= 4 is 23.2 Å². The Balaban J connectivity index is 2.06. The maximum absolute atomic E-state index is 12.1. The smallest absolute Gasteiger partial charge is 0.270 e. The van der Waals surface area contributed by atoms with Crippen molar-refractivity contribution in [3.8, 4) is 0 Å². The Morgan fingerprint density at radius 3 is 2.75 bits per heavy atom. The van der Waals surface area contributed by atoms with Crippen LogP contribution < -0.4 is 16.6 Å². The molecule has 5 nitrogen and oxygen atoms in total. The van der Waals surface area contributed by atoms with E-state index in [1.807, 2.05) is 25.1 Å². The highest BCUT2D eigenvalue weighted by atomic mass is 35.5. The van der Waals surface area contributed by atoms with Gasteiger partial charge in [-0.15, -0.1) is 0 Å². The largest absolute Gasteiger partial charge is 0.344 e. The molecule has 0 aliphatic carbocycles. The lowest BCUT2D eigenvalue weighted by molar-refractivity contribution is 0.0935. The highest BCUT2D eigenvalue weighted by Gasteiger charge is 2.12. The zero-order chi connectivity index (χ0) is 14.5. The van der Waals surface area contributed by atoms with Crippen LogP contribution in [0.25, 0.3) is 0 Å². The number of anilines is 1. The number of nitrogens with one attached hydrogen (secondary N) is 2. The van der Waals surface area contributed by atoms with E-state index in [-0.39, 0.29) is 11.9 Å². The molecule has 0 fully saturated rings. The number of hydrogen-bond donors (Lipinski definition) is 3. The Labute approximate surface area is 122 Å². The van der Waals surface area contributed by atoms with Crippen molar-refractivity contribution in [2.24, 2.45) is 5.84 Å². The molecule has 1 aromatic carbocycles. The van der Waals surface area contributed by atoms with Gasteiger partial charge < -0.3 is 10.7 Å². The molecule has 1 heterocycles. The lowest BCUT2D eigenvalue weighted by Gasteiger charge is -2.14. The van der Waals surface area contributed by atoms with Crippen LogP contribution in [0.1, 0.15) is 29.0 Å². The van der Waals surface area contributed by atoms with Gasteiger partial charge in [0.05, 0.1) is 17.9 Å². The van der Waals surface area contributed by atoms with E-state index in [2.05, 4.69) is 15.7 Å². The summed E-state index contributed by atoms with van der Waals surface area (Å²) in [4.78, 5) is 16.1. The SMILES string of the molecule is CC(NC(=O)c1ccc(NN)cn1)c1cccc(Cl)c1. The number of amides is 1. The fraction of sp³-hybridized carbons (Fsp3) is 0.143. The summed E-state index contributed by atoms with van der Waals surface area (Å²) >= 11 is 5.93. The fourth-order valence-corrected chi connectivity index (χ4v) is 1.94. The third-order valence-electron chi connectivity index (χ3n) is 2.86. The van der Waals surface area contributed by atoms with Crippen LogP contribution in [-0.2, 0) is 0 Å². The second-order valence-corrected chi connectivity index (χ2v) is 4.76. The second kappa shape index (κ2) is 6.36. The summed E-state index contributed by atoms with van der Waals surface area (Å²) in [6, 6.07) is 10.5. The minimum Gasteiger partial charge on any atom is -0.344 e. The van der Waals surface area contributed by atoms with E-state index in [1.54, 1.807) is 18.2 Å². The lowest BCUT2D eigenvalue weighted by atomic mass is 10.1. The molecule has 20 heavy (non-hydrogen) atoms. The van der Waals surface area contributed by atoms with Crippen LogP contribution in [0.2, 0.25) is 5.02 Å². The van der Waals surface area contributed by atoms with Crippen LogP contribution in [0, 0.1) is 0 Å². The minimum atomic E-state index is -0.249. The van der Waals surface area contributed by atoms with Crippen LogP contribution >= 0.6 is 11.6 Å². The predicted molar refractivity (Wildman–Crippen MR) is 79.4 cm³/mol. The summed E-state index contributed by atoms with van der Waals surface area (Å²) in [5.41, 5.74) is 4.37. The maximum atomic E-state index is 12.1. The van der Waals surface area contributed by atoms with Crippen molar-refractivity contribution in [2.75, 3.05) is 5.43 Å². The first-order chi connectivity index (χ1) is 9.60. The van der Waals surface area contributed by atoms with E-state index in [0.29, 0.717) is 16.4 Å². The quantitative estimate of drug-likeness (QED) is 0.597. The third kappa shape index (κ3) is 3.46. The molecule has 1 unspecified atom stereocenters. The normalized spacial score (nSPS) is 11.8. The average Bonchev–Trinajstić information content (AvgIpc) is 2.47. The van der Waals surface area contributed by atoms with Crippen molar-refractivity contribution in [1.29, 1.82) is 0 Å². The number of hydrazine groups is 1. The summed E-state index contributed by atoms with van der Waals surface area (Å²) in [6.45, 7) is 1.89. The Morgan fingerprint density at radius 2 is 2.15 bits per heavy atom. The van der Waals surface area contributed by atoms with E-state index in [9.17, 15) is 4.79 Å². The van der Waals surface area contributed by atoms with Gasteiger partial charge in [0.25, 0.3) is 5.91 Å². The third-order valence-corrected chi connectivity index (χ3v) is 3.09. The maximum Gasteiger partial charge on any atom is 0.270 e. The van der Waals surface area contributed by atoms with E-state index in [1.165, 1.54) is 6.20 Å². The van der Waals surface area contributed by atoms with Crippen LogP contribution in [0.3, 0.4) is 0 Å². The number of aromatic nitrogens is 1. The van der Waals surface area contributed by atoms with Gasteiger partial charge in [-0.1, -0.05) is 23.7 Å². The monoisotopic (exact) mass is 290 g/mol. The van der Waals surface area contributed by atoms with Crippen molar-refractivity contribution in [1.82, 2.24) is 10.3 Å². The highest BCUT2D eigenvalue weighted by Crippen LogP contribution is 2.17. The number of carbonyl (C=O) groups excluding carboxylic acids is 1. The summed E-state index contributed by atoms with van der Waals surface area (Å²) < 4.78 is 0. The van der Waals surface area contributed by atoms with E-state index in [4.69, 9.17) is 17.4 Å². The summed E-state index contributed by atoms with van der Waals surface area (Å²) in [7, 11) is 0. The number of nitrogens with two attached hydrogens (primary N) is 1. The molecule has 0 aliphatic rings. The van der Waals surface area contributed by atoms with Crippen LogP contribution in [-0.4, -0.2) is 10.9 Å².